The summed E-state index contributed by atoms with van der Waals surface area (Å²) in [4.78, 5) is 12.6. The third-order valence-corrected chi connectivity index (χ3v) is 3.15. The van der Waals surface area contributed by atoms with Crippen LogP contribution in [0, 0.1) is 6.92 Å². The number of nitrogens with one attached hydrogen (secondary N) is 1. The second kappa shape index (κ2) is 5.68. The SMILES string of the molecule is C=CCNC(C(=O)OC)c1sccc1C. The lowest BCUT2D eigenvalue weighted by Gasteiger charge is -2.14. The van der Waals surface area contributed by atoms with Crippen LogP contribution in [0.25, 0.3) is 0 Å². The Balaban J connectivity index is 2.85. The molecule has 0 amide bonds. The minimum atomic E-state index is -0.381. The summed E-state index contributed by atoms with van der Waals surface area (Å²) in [5, 5.41) is 5.05. The lowest BCUT2D eigenvalue weighted by molar-refractivity contribution is -0.143. The van der Waals surface area contributed by atoms with Crippen LogP contribution < -0.4 is 5.32 Å². The normalized spacial score (nSPS) is 12.1. The van der Waals surface area contributed by atoms with E-state index in [1.165, 1.54) is 7.11 Å². The van der Waals surface area contributed by atoms with Gasteiger partial charge in [-0.1, -0.05) is 6.08 Å². The van der Waals surface area contributed by atoms with Gasteiger partial charge < -0.3 is 4.74 Å². The van der Waals surface area contributed by atoms with Crippen LogP contribution >= 0.6 is 11.3 Å². The van der Waals surface area contributed by atoms with Gasteiger partial charge in [0.2, 0.25) is 0 Å². The second-order valence-electron chi connectivity index (χ2n) is 3.12. The van der Waals surface area contributed by atoms with Crippen LogP contribution in [0.4, 0.5) is 0 Å². The van der Waals surface area contributed by atoms with Gasteiger partial charge in [0.05, 0.1) is 7.11 Å². The van der Waals surface area contributed by atoms with Gasteiger partial charge in [-0.05, 0) is 23.9 Å². The maximum atomic E-state index is 11.6. The monoisotopic (exact) mass is 225 g/mol. The van der Waals surface area contributed by atoms with Crippen LogP contribution in [-0.2, 0) is 9.53 Å². The van der Waals surface area contributed by atoms with Crippen molar-refractivity contribution in [2.75, 3.05) is 13.7 Å². The van der Waals surface area contributed by atoms with Crippen molar-refractivity contribution in [3.8, 4) is 0 Å². The number of ether oxygens (including phenoxy) is 1. The Morgan fingerprint density at radius 3 is 3.00 bits per heavy atom. The minimum absolute atomic E-state index is 0.262. The summed E-state index contributed by atoms with van der Waals surface area (Å²) in [5.74, 6) is -0.262. The Kier molecular flexibility index (Phi) is 4.52. The summed E-state index contributed by atoms with van der Waals surface area (Å²) in [6.45, 7) is 6.17. The van der Waals surface area contributed by atoms with Crippen LogP contribution in [0.15, 0.2) is 24.1 Å². The zero-order valence-electron chi connectivity index (χ0n) is 8.95. The highest BCUT2D eigenvalue weighted by molar-refractivity contribution is 7.10. The molecule has 3 nitrogen and oxygen atoms in total. The smallest absolute Gasteiger partial charge is 0.328 e. The molecule has 0 fully saturated rings. The molecule has 1 N–H and O–H groups in total. The Labute approximate surface area is 93.8 Å². The third-order valence-electron chi connectivity index (χ3n) is 2.07. The zero-order valence-corrected chi connectivity index (χ0v) is 9.76. The molecule has 1 unspecified atom stereocenters. The largest absolute Gasteiger partial charge is 0.468 e. The van der Waals surface area contributed by atoms with E-state index in [9.17, 15) is 4.79 Å². The van der Waals surface area contributed by atoms with Gasteiger partial charge in [-0.25, -0.2) is 4.79 Å². The van der Waals surface area contributed by atoms with Crippen molar-refractivity contribution in [1.82, 2.24) is 5.32 Å². The van der Waals surface area contributed by atoms with Crippen molar-refractivity contribution >= 4 is 17.3 Å². The molecule has 0 bridgehead atoms. The van der Waals surface area contributed by atoms with Gasteiger partial charge in [0.15, 0.2) is 0 Å². The first-order valence-electron chi connectivity index (χ1n) is 4.66. The fourth-order valence-electron chi connectivity index (χ4n) is 1.28. The Hall–Kier alpha value is -1.13. The standard InChI is InChI=1S/C11H15NO2S/c1-4-6-12-9(11(13)14-3)10-8(2)5-7-15-10/h4-5,7,9,12H,1,6H2,2-3H3. The van der Waals surface area contributed by atoms with E-state index < -0.39 is 0 Å². The van der Waals surface area contributed by atoms with Crippen LogP contribution in [0.3, 0.4) is 0 Å². The summed E-state index contributed by atoms with van der Waals surface area (Å²) >= 11 is 1.55. The number of esters is 1. The highest BCUT2D eigenvalue weighted by atomic mass is 32.1. The predicted molar refractivity (Wildman–Crippen MR) is 62.0 cm³/mol. The minimum Gasteiger partial charge on any atom is -0.468 e. The van der Waals surface area contributed by atoms with Gasteiger partial charge in [-0.15, -0.1) is 17.9 Å². The van der Waals surface area contributed by atoms with Crippen LogP contribution in [0.1, 0.15) is 16.5 Å². The van der Waals surface area contributed by atoms with Gasteiger partial charge in [-0.2, -0.15) is 0 Å². The average Bonchev–Trinajstić information content (AvgIpc) is 2.65. The van der Waals surface area contributed by atoms with Crippen LogP contribution in [0.5, 0.6) is 0 Å². The first-order valence-corrected chi connectivity index (χ1v) is 5.54. The van der Waals surface area contributed by atoms with E-state index in [0.717, 1.165) is 10.4 Å². The fourth-order valence-corrected chi connectivity index (χ4v) is 2.27. The number of thiophene rings is 1. The topological polar surface area (TPSA) is 38.3 Å². The molecule has 15 heavy (non-hydrogen) atoms. The number of aryl methyl sites for hydroxylation is 1. The molecule has 0 radical (unpaired) electrons. The third kappa shape index (κ3) is 2.91. The predicted octanol–water partition coefficient (Wildman–Crippen LogP) is 2.05. The maximum absolute atomic E-state index is 11.6. The van der Waals surface area contributed by atoms with Crippen molar-refractivity contribution in [1.29, 1.82) is 0 Å². The average molecular weight is 225 g/mol. The summed E-state index contributed by atoms with van der Waals surface area (Å²) in [5.41, 5.74) is 1.10. The highest BCUT2D eigenvalue weighted by Gasteiger charge is 2.22. The van der Waals surface area contributed by atoms with Crippen molar-refractivity contribution in [3.63, 3.8) is 0 Å². The van der Waals surface area contributed by atoms with Crippen LogP contribution in [0.2, 0.25) is 0 Å². The lowest BCUT2D eigenvalue weighted by Crippen LogP contribution is -2.29. The number of carbonyl (C=O) groups excluding carboxylic acids is 1. The molecular formula is C11H15NO2S. The molecule has 1 aromatic heterocycles. The lowest BCUT2D eigenvalue weighted by atomic mass is 10.1. The van der Waals surface area contributed by atoms with E-state index in [4.69, 9.17) is 4.74 Å². The van der Waals surface area contributed by atoms with Crippen molar-refractivity contribution in [3.05, 3.63) is 34.5 Å². The number of rotatable bonds is 5. The number of carbonyl (C=O) groups is 1. The molecule has 0 aliphatic carbocycles. The van der Waals surface area contributed by atoms with E-state index in [2.05, 4.69) is 11.9 Å². The molecule has 0 aromatic carbocycles. The molecule has 1 heterocycles. The van der Waals surface area contributed by atoms with E-state index in [0.29, 0.717) is 6.54 Å². The zero-order chi connectivity index (χ0) is 11.3. The van der Waals surface area contributed by atoms with E-state index >= 15 is 0 Å². The van der Waals surface area contributed by atoms with Gasteiger partial charge in [0.25, 0.3) is 0 Å². The quantitative estimate of drug-likeness (QED) is 0.615. The van der Waals surface area contributed by atoms with Gasteiger partial charge >= 0.3 is 5.97 Å². The Morgan fingerprint density at radius 1 is 1.80 bits per heavy atom. The van der Waals surface area contributed by atoms with E-state index in [1.807, 2.05) is 18.4 Å². The molecule has 1 atom stereocenters. The van der Waals surface area contributed by atoms with Crippen molar-refractivity contribution < 1.29 is 9.53 Å². The number of methoxy groups -OCH3 is 1. The molecule has 0 spiro atoms. The molecule has 0 saturated carbocycles. The molecule has 1 aromatic rings. The Bertz CT molecular complexity index is 346. The highest BCUT2D eigenvalue weighted by Crippen LogP contribution is 2.24. The van der Waals surface area contributed by atoms with Crippen molar-refractivity contribution in [2.45, 2.75) is 13.0 Å². The molecule has 82 valence electrons. The first kappa shape index (κ1) is 11.9. The molecular weight excluding hydrogens is 210 g/mol. The Morgan fingerprint density at radius 2 is 2.53 bits per heavy atom. The van der Waals surface area contributed by atoms with Gasteiger partial charge in [0, 0.05) is 11.4 Å². The molecule has 1 rings (SSSR count). The van der Waals surface area contributed by atoms with E-state index in [1.54, 1.807) is 17.4 Å². The molecule has 0 saturated heterocycles. The summed E-state index contributed by atoms with van der Waals surface area (Å²) in [6.07, 6.45) is 1.72. The second-order valence-corrected chi connectivity index (χ2v) is 4.07. The maximum Gasteiger partial charge on any atom is 0.328 e. The van der Waals surface area contributed by atoms with E-state index in [-0.39, 0.29) is 12.0 Å². The first-order chi connectivity index (χ1) is 7.20. The summed E-state index contributed by atoms with van der Waals surface area (Å²) in [7, 11) is 1.40. The van der Waals surface area contributed by atoms with Crippen LogP contribution in [-0.4, -0.2) is 19.6 Å². The van der Waals surface area contributed by atoms with Crippen molar-refractivity contribution in [2.24, 2.45) is 0 Å². The summed E-state index contributed by atoms with van der Waals surface area (Å²) < 4.78 is 4.76. The molecule has 4 heteroatoms. The molecule has 0 aliphatic heterocycles. The fraction of sp³-hybridized carbons (Fsp3) is 0.364. The number of hydrogen-bond donors (Lipinski definition) is 1. The number of hydrogen-bond acceptors (Lipinski definition) is 4. The van der Waals surface area contributed by atoms with Gasteiger partial charge in [0.1, 0.15) is 6.04 Å². The summed E-state index contributed by atoms with van der Waals surface area (Å²) in [6, 6.07) is 1.61. The van der Waals surface area contributed by atoms with Gasteiger partial charge in [-0.3, -0.25) is 5.32 Å². The molecule has 0 aliphatic rings.